The van der Waals surface area contributed by atoms with E-state index in [4.69, 9.17) is 5.26 Å². The third kappa shape index (κ3) is 2.57. The van der Waals surface area contributed by atoms with Crippen molar-refractivity contribution in [2.75, 3.05) is 11.5 Å². The second-order valence-corrected chi connectivity index (χ2v) is 5.01. The third-order valence-corrected chi connectivity index (χ3v) is 3.39. The number of hydrogen-bond acceptors (Lipinski definition) is 5. The molecule has 0 unspecified atom stereocenters. The number of nitrogens with zero attached hydrogens (tertiary/aromatic N) is 1. The molecular weight excluding hydrogens is 255 g/mol. The van der Waals surface area contributed by atoms with E-state index in [1.165, 1.54) is 0 Å². The molecule has 0 radical (unpaired) electrons. The minimum absolute atomic E-state index is 0.0434. The van der Waals surface area contributed by atoms with Gasteiger partial charge < -0.3 is 4.18 Å². The average molecular weight is 259 g/mol. The summed E-state index contributed by atoms with van der Waals surface area (Å²) in [6.07, 6.45) is 0. The van der Waals surface area contributed by atoms with E-state index in [1.807, 2.05) is 0 Å². The van der Waals surface area contributed by atoms with Crippen molar-refractivity contribution in [2.24, 2.45) is 0 Å². The maximum Gasteiger partial charge on any atom is 0.534 e. The summed E-state index contributed by atoms with van der Waals surface area (Å²) in [6.45, 7) is 0. The van der Waals surface area contributed by atoms with Crippen molar-refractivity contribution in [3.63, 3.8) is 0 Å². The first kappa shape index (κ1) is 12.2. The van der Waals surface area contributed by atoms with Crippen molar-refractivity contribution >= 4 is 21.9 Å². The lowest BCUT2D eigenvalue weighted by molar-refractivity contribution is -0.0521. The molecule has 0 amide bonds. The Labute approximate surface area is 87.8 Å². The summed E-state index contributed by atoms with van der Waals surface area (Å²) in [5.41, 5.74) is -5.54. The van der Waals surface area contributed by atoms with Gasteiger partial charge in [0.25, 0.3) is 0 Å². The van der Waals surface area contributed by atoms with E-state index in [9.17, 15) is 21.6 Å². The fourth-order valence-corrected chi connectivity index (χ4v) is 2.31. The highest BCUT2D eigenvalue weighted by Crippen LogP contribution is 2.31. The van der Waals surface area contributed by atoms with Gasteiger partial charge in [-0.05, 0) is 0 Å². The molecule has 1 aliphatic rings. The maximum atomic E-state index is 11.9. The number of alkyl halides is 3. The van der Waals surface area contributed by atoms with E-state index in [2.05, 4.69) is 4.18 Å². The van der Waals surface area contributed by atoms with Crippen molar-refractivity contribution in [1.82, 2.24) is 0 Å². The van der Waals surface area contributed by atoms with Crippen LogP contribution in [0.3, 0.4) is 0 Å². The predicted octanol–water partition coefficient (Wildman–Crippen LogP) is 1.38. The zero-order valence-corrected chi connectivity index (χ0v) is 8.67. The maximum absolute atomic E-state index is 11.9. The summed E-state index contributed by atoms with van der Waals surface area (Å²) in [6, 6.07) is 1.59. The molecule has 0 fully saturated rings. The van der Waals surface area contributed by atoms with Gasteiger partial charge in [-0.1, -0.05) is 0 Å². The summed E-state index contributed by atoms with van der Waals surface area (Å²) in [4.78, 5) is 0. The van der Waals surface area contributed by atoms with Crippen LogP contribution >= 0.6 is 11.8 Å². The predicted molar refractivity (Wildman–Crippen MR) is 46.0 cm³/mol. The summed E-state index contributed by atoms with van der Waals surface area (Å²) in [5.74, 6) is -0.308. The molecule has 0 saturated heterocycles. The fourth-order valence-electron chi connectivity index (χ4n) is 0.762. The second kappa shape index (κ2) is 3.94. The summed E-state index contributed by atoms with van der Waals surface area (Å²) in [5, 5.41) is 8.46. The molecule has 15 heavy (non-hydrogen) atoms. The van der Waals surface area contributed by atoms with E-state index in [-0.39, 0.29) is 17.1 Å². The lowest BCUT2D eigenvalue weighted by Gasteiger charge is -2.09. The van der Waals surface area contributed by atoms with Crippen molar-refractivity contribution in [2.45, 2.75) is 5.51 Å². The largest absolute Gasteiger partial charge is 0.534 e. The van der Waals surface area contributed by atoms with Crippen LogP contribution in [0.2, 0.25) is 0 Å². The van der Waals surface area contributed by atoms with Gasteiger partial charge in [0, 0.05) is 5.75 Å². The van der Waals surface area contributed by atoms with Crippen molar-refractivity contribution < 1.29 is 25.8 Å². The Hall–Kier alpha value is -0.880. The number of thioether (sulfide) groups is 1. The van der Waals surface area contributed by atoms with Crippen molar-refractivity contribution in [3.05, 3.63) is 11.3 Å². The van der Waals surface area contributed by atoms with Gasteiger partial charge in [-0.15, -0.1) is 11.8 Å². The van der Waals surface area contributed by atoms with Crippen LogP contribution in [-0.2, 0) is 14.3 Å². The van der Waals surface area contributed by atoms with E-state index in [1.54, 1.807) is 6.07 Å². The number of nitriles is 1. The van der Waals surface area contributed by atoms with Gasteiger partial charge in [-0.3, -0.25) is 0 Å². The fraction of sp³-hybridized carbons (Fsp3) is 0.500. The van der Waals surface area contributed by atoms with Gasteiger partial charge in [0.15, 0.2) is 0 Å². The zero-order valence-electron chi connectivity index (χ0n) is 7.04. The molecule has 0 spiro atoms. The number of halogens is 3. The van der Waals surface area contributed by atoms with Gasteiger partial charge in [0.05, 0.1) is 17.4 Å². The Morgan fingerprint density at radius 2 is 2.00 bits per heavy atom. The third-order valence-electron chi connectivity index (χ3n) is 1.44. The molecule has 0 N–H and O–H groups in total. The molecule has 1 rings (SSSR count). The van der Waals surface area contributed by atoms with Crippen LogP contribution in [-0.4, -0.2) is 25.4 Å². The monoisotopic (exact) mass is 259 g/mol. The van der Waals surface area contributed by atoms with Crippen molar-refractivity contribution in [1.29, 1.82) is 5.26 Å². The minimum atomic E-state index is -5.65. The van der Waals surface area contributed by atoms with Crippen LogP contribution in [0.25, 0.3) is 0 Å². The number of hydrogen-bond donors (Lipinski definition) is 0. The van der Waals surface area contributed by atoms with Gasteiger partial charge in [-0.2, -0.15) is 26.9 Å². The lowest BCUT2D eigenvalue weighted by atomic mass is 10.3. The minimum Gasteiger partial charge on any atom is -0.379 e. The topological polar surface area (TPSA) is 67.2 Å². The molecule has 0 bridgehead atoms. The lowest BCUT2D eigenvalue weighted by Crippen LogP contribution is -2.25. The van der Waals surface area contributed by atoms with Gasteiger partial charge >= 0.3 is 15.6 Å². The quantitative estimate of drug-likeness (QED) is 0.553. The van der Waals surface area contributed by atoms with Crippen LogP contribution in [0.15, 0.2) is 11.3 Å². The molecule has 9 heteroatoms. The summed E-state index contributed by atoms with van der Waals surface area (Å²) in [7, 11) is -5.65. The number of rotatable bonds is 2. The Kier molecular flexibility index (Phi) is 3.20. The van der Waals surface area contributed by atoms with Crippen LogP contribution in [0.1, 0.15) is 0 Å². The van der Waals surface area contributed by atoms with Crippen LogP contribution in [0, 0.1) is 11.3 Å². The Bertz CT molecular complexity index is 432. The Morgan fingerprint density at radius 3 is 2.47 bits per heavy atom. The molecule has 1 heterocycles. The molecule has 1 aliphatic heterocycles. The van der Waals surface area contributed by atoms with E-state index < -0.39 is 21.4 Å². The summed E-state index contributed by atoms with van der Waals surface area (Å²) < 4.78 is 60.7. The molecule has 0 atom stereocenters. The molecule has 84 valence electrons. The van der Waals surface area contributed by atoms with E-state index >= 15 is 0 Å². The highest BCUT2D eigenvalue weighted by Gasteiger charge is 2.49. The first-order valence-corrected chi connectivity index (χ1v) is 6.05. The van der Waals surface area contributed by atoms with Gasteiger partial charge in [-0.25, -0.2) is 0 Å². The first-order valence-electron chi connectivity index (χ1n) is 3.48. The molecule has 0 saturated carbocycles. The smallest absolute Gasteiger partial charge is 0.379 e. The highest BCUT2D eigenvalue weighted by molar-refractivity contribution is 8.00. The Morgan fingerprint density at radius 1 is 1.40 bits per heavy atom. The summed E-state index contributed by atoms with van der Waals surface area (Å²) >= 11 is 1.11. The van der Waals surface area contributed by atoms with Crippen molar-refractivity contribution in [3.8, 4) is 6.07 Å². The average Bonchev–Trinajstić information content (AvgIpc) is 2.48. The molecular formula is C6H4F3NO3S2. The van der Waals surface area contributed by atoms with E-state index in [0.29, 0.717) is 0 Å². The zero-order chi connectivity index (χ0) is 11.7. The Balaban J connectivity index is 2.94. The SMILES string of the molecule is N#CC1=C(OS(=O)(=O)C(F)(F)F)CSC1. The molecule has 0 aromatic heterocycles. The van der Waals surface area contributed by atoms with Crippen LogP contribution < -0.4 is 0 Å². The first-order chi connectivity index (χ1) is 6.78. The van der Waals surface area contributed by atoms with Gasteiger partial charge in [0.2, 0.25) is 0 Å². The highest BCUT2D eigenvalue weighted by atomic mass is 32.2. The molecule has 4 nitrogen and oxygen atoms in total. The van der Waals surface area contributed by atoms with E-state index in [0.717, 1.165) is 11.8 Å². The molecule has 0 aliphatic carbocycles. The van der Waals surface area contributed by atoms with Crippen LogP contribution in [0.4, 0.5) is 13.2 Å². The molecule has 0 aromatic rings. The molecule has 0 aromatic carbocycles. The standard InChI is InChI=1S/C6H4F3NO3S2/c7-6(8,9)15(11,12)13-5-3-14-2-4(5)1-10/h2-3H2. The normalized spacial score (nSPS) is 17.7. The second-order valence-electron chi connectivity index (χ2n) is 2.49. The van der Waals surface area contributed by atoms with Gasteiger partial charge in [0.1, 0.15) is 5.76 Å². The van der Waals surface area contributed by atoms with Crippen LogP contribution in [0.5, 0.6) is 0 Å².